The van der Waals surface area contributed by atoms with Gasteiger partial charge in [0, 0.05) is 24.2 Å². The summed E-state index contributed by atoms with van der Waals surface area (Å²) < 4.78 is 12.5. The maximum absolute atomic E-state index is 14.5. The summed E-state index contributed by atoms with van der Waals surface area (Å²) in [5.74, 6) is 1.49. The van der Waals surface area contributed by atoms with E-state index < -0.39 is 5.92 Å². The smallest absolute Gasteiger partial charge is 0.241 e. The summed E-state index contributed by atoms with van der Waals surface area (Å²) in [4.78, 5) is 23.5. The highest BCUT2D eigenvalue weighted by atomic mass is 35.5. The number of halogens is 1. The molecule has 36 heavy (non-hydrogen) atoms. The van der Waals surface area contributed by atoms with Crippen LogP contribution in [0.2, 0.25) is 5.02 Å². The van der Waals surface area contributed by atoms with Gasteiger partial charge in [-0.05, 0) is 37.4 Å². The van der Waals surface area contributed by atoms with E-state index in [0.29, 0.717) is 39.5 Å². The van der Waals surface area contributed by atoms with Gasteiger partial charge < -0.3 is 14.4 Å². The maximum Gasteiger partial charge on any atom is 0.241 e. The number of likely N-dealkylation sites (N-methyl/N-ethyl adjacent to an activating group) is 1. The van der Waals surface area contributed by atoms with Crippen LogP contribution in [-0.4, -0.2) is 49.1 Å². The van der Waals surface area contributed by atoms with Crippen LogP contribution in [0, 0.1) is 0 Å². The molecule has 1 amide bonds. The molecule has 1 aromatic heterocycles. The number of nitrogens with zero attached hydrogens (tertiary/aromatic N) is 3. The van der Waals surface area contributed by atoms with Crippen molar-refractivity contribution in [3.63, 3.8) is 0 Å². The Bertz CT molecular complexity index is 1360. The highest BCUT2D eigenvalue weighted by Gasteiger charge is 2.36. The lowest BCUT2D eigenvalue weighted by Gasteiger charge is -2.32. The number of carbonyl (C=O) groups is 1. The first-order valence-corrected chi connectivity index (χ1v) is 13.3. The van der Waals surface area contributed by atoms with Crippen molar-refractivity contribution in [3.05, 3.63) is 76.8 Å². The first-order valence-electron chi connectivity index (χ1n) is 12.1. The average Bonchev–Trinajstić information content (AvgIpc) is 3.36. The third-order valence-corrected chi connectivity index (χ3v) is 8.16. The minimum Gasteiger partial charge on any atom is -0.494 e. The van der Waals surface area contributed by atoms with E-state index in [-0.39, 0.29) is 5.91 Å². The highest BCUT2D eigenvalue weighted by molar-refractivity contribution is 7.23. The molecule has 1 aliphatic rings. The van der Waals surface area contributed by atoms with E-state index in [0.717, 1.165) is 35.5 Å². The van der Waals surface area contributed by atoms with Crippen molar-refractivity contribution in [3.8, 4) is 17.2 Å². The SMILES string of the molecule is CCN(CC)CCN(C(=O)C1c2ccccc2Oc2ccccc21)c1nc2c(OC)ccc(Cl)c2s1. The lowest BCUT2D eigenvalue weighted by Crippen LogP contribution is -2.42. The quantitative estimate of drug-likeness (QED) is 0.262. The molecule has 0 saturated heterocycles. The summed E-state index contributed by atoms with van der Waals surface area (Å²) in [5.41, 5.74) is 2.37. The molecule has 0 spiro atoms. The number of ether oxygens (including phenoxy) is 2. The molecule has 186 valence electrons. The van der Waals surface area contributed by atoms with Gasteiger partial charge in [0.15, 0.2) is 5.13 Å². The number of anilines is 1. The van der Waals surface area contributed by atoms with Crippen molar-refractivity contribution in [1.29, 1.82) is 0 Å². The topological polar surface area (TPSA) is 54.9 Å². The van der Waals surface area contributed by atoms with Crippen LogP contribution in [0.5, 0.6) is 17.2 Å². The third-order valence-electron chi connectivity index (χ3n) is 6.63. The van der Waals surface area contributed by atoms with Crippen molar-refractivity contribution < 1.29 is 14.3 Å². The van der Waals surface area contributed by atoms with E-state index >= 15 is 0 Å². The number of amides is 1. The second-order valence-electron chi connectivity index (χ2n) is 8.55. The first-order chi connectivity index (χ1) is 17.5. The predicted octanol–water partition coefficient (Wildman–Crippen LogP) is 6.57. The number of benzene rings is 3. The molecule has 4 aromatic rings. The Morgan fingerprint density at radius 3 is 2.25 bits per heavy atom. The van der Waals surface area contributed by atoms with Gasteiger partial charge >= 0.3 is 0 Å². The molecule has 8 heteroatoms. The van der Waals surface area contributed by atoms with E-state index in [2.05, 4.69) is 18.7 Å². The van der Waals surface area contributed by atoms with Crippen molar-refractivity contribution in [2.75, 3.05) is 38.2 Å². The van der Waals surface area contributed by atoms with Crippen LogP contribution in [0.1, 0.15) is 30.9 Å². The van der Waals surface area contributed by atoms with Gasteiger partial charge in [-0.1, -0.05) is 73.2 Å². The van der Waals surface area contributed by atoms with Crippen LogP contribution in [-0.2, 0) is 4.79 Å². The molecule has 6 nitrogen and oxygen atoms in total. The lowest BCUT2D eigenvalue weighted by molar-refractivity contribution is -0.119. The van der Waals surface area contributed by atoms with Crippen LogP contribution >= 0.6 is 22.9 Å². The van der Waals surface area contributed by atoms with Gasteiger partial charge in [0.25, 0.3) is 0 Å². The molecule has 3 aromatic carbocycles. The normalized spacial score (nSPS) is 12.8. The molecule has 0 saturated carbocycles. The predicted molar refractivity (Wildman–Crippen MR) is 146 cm³/mol. The molecule has 0 atom stereocenters. The Morgan fingerprint density at radius 1 is 1.00 bits per heavy atom. The van der Waals surface area contributed by atoms with Gasteiger partial charge in [-0.25, -0.2) is 4.98 Å². The molecule has 2 heterocycles. The third kappa shape index (κ3) is 4.43. The van der Waals surface area contributed by atoms with Crippen LogP contribution < -0.4 is 14.4 Å². The number of para-hydroxylation sites is 2. The summed E-state index contributed by atoms with van der Waals surface area (Å²) in [5, 5.41) is 1.20. The van der Waals surface area contributed by atoms with Crippen LogP contribution in [0.15, 0.2) is 60.7 Å². The van der Waals surface area contributed by atoms with Crippen molar-refractivity contribution in [2.24, 2.45) is 0 Å². The Balaban J connectivity index is 1.62. The fourth-order valence-electron chi connectivity index (χ4n) is 4.63. The summed E-state index contributed by atoms with van der Waals surface area (Å²) in [6.07, 6.45) is 0. The number of hydrogen-bond donors (Lipinski definition) is 0. The Kier molecular flexibility index (Phi) is 7.14. The second-order valence-corrected chi connectivity index (χ2v) is 9.94. The highest BCUT2D eigenvalue weighted by Crippen LogP contribution is 2.46. The molecule has 0 bridgehead atoms. The zero-order chi connectivity index (χ0) is 25.2. The van der Waals surface area contributed by atoms with E-state index in [4.69, 9.17) is 26.1 Å². The number of hydrogen-bond acceptors (Lipinski definition) is 6. The fourth-order valence-corrected chi connectivity index (χ4v) is 5.92. The lowest BCUT2D eigenvalue weighted by atomic mass is 9.87. The Labute approximate surface area is 220 Å². The largest absolute Gasteiger partial charge is 0.494 e. The van der Waals surface area contributed by atoms with Gasteiger partial charge in [0.2, 0.25) is 5.91 Å². The van der Waals surface area contributed by atoms with E-state index in [1.807, 2.05) is 53.4 Å². The standard InChI is InChI=1S/C28H28ClN3O3S/c1-4-31(5-2)16-17-32(28-30-25-23(34-3)15-14-20(29)26(25)36-28)27(33)24-18-10-6-8-12-21(18)35-22-13-9-7-11-19(22)24/h6-15,24H,4-5,16-17H2,1-3H3. The van der Waals surface area contributed by atoms with Gasteiger partial charge in [-0.2, -0.15) is 0 Å². The molecule has 0 unspecified atom stereocenters. The maximum atomic E-state index is 14.5. The van der Waals surface area contributed by atoms with E-state index in [1.165, 1.54) is 11.3 Å². The number of thiazole rings is 1. The zero-order valence-electron chi connectivity index (χ0n) is 20.5. The molecular weight excluding hydrogens is 494 g/mol. The minimum atomic E-state index is -0.507. The van der Waals surface area contributed by atoms with Gasteiger partial charge in [0.05, 0.1) is 22.8 Å². The molecule has 0 aliphatic carbocycles. The van der Waals surface area contributed by atoms with Gasteiger partial charge in [0.1, 0.15) is 22.8 Å². The van der Waals surface area contributed by atoms with Crippen molar-refractivity contribution in [2.45, 2.75) is 19.8 Å². The van der Waals surface area contributed by atoms with Crippen LogP contribution in [0.25, 0.3) is 10.2 Å². The summed E-state index contributed by atoms with van der Waals surface area (Å²) in [7, 11) is 1.61. The summed E-state index contributed by atoms with van der Waals surface area (Å²) >= 11 is 7.94. The number of rotatable bonds is 8. The molecule has 0 radical (unpaired) electrons. The number of fused-ring (bicyclic) bond motifs is 3. The Hall–Kier alpha value is -3.13. The molecule has 1 aliphatic heterocycles. The molecule has 0 fully saturated rings. The minimum absolute atomic E-state index is 0.0421. The Morgan fingerprint density at radius 2 is 1.64 bits per heavy atom. The van der Waals surface area contributed by atoms with Gasteiger partial charge in [-0.3, -0.25) is 9.69 Å². The zero-order valence-corrected chi connectivity index (χ0v) is 22.1. The molecule has 5 rings (SSSR count). The summed E-state index contributed by atoms with van der Waals surface area (Å²) in [6.45, 7) is 7.29. The first kappa shape index (κ1) is 24.6. The monoisotopic (exact) mass is 521 g/mol. The fraction of sp³-hybridized carbons (Fsp3) is 0.286. The number of carbonyl (C=O) groups excluding carboxylic acids is 1. The van der Waals surface area contributed by atoms with Crippen LogP contribution in [0.4, 0.5) is 5.13 Å². The van der Waals surface area contributed by atoms with Gasteiger partial charge in [-0.15, -0.1) is 0 Å². The molecular formula is C28H28ClN3O3S. The van der Waals surface area contributed by atoms with Crippen LogP contribution in [0.3, 0.4) is 0 Å². The van der Waals surface area contributed by atoms with E-state index in [1.54, 1.807) is 19.2 Å². The number of methoxy groups -OCH3 is 1. The van der Waals surface area contributed by atoms with Crippen molar-refractivity contribution >= 4 is 44.2 Å². The molecule has 0 N–H and O–H groups in total. The second kappa shape index (κ2) is 10.5. The average molecular weight is 522 g/mol. The van der Waals surface area contributed by atoms with E-state index in [9.17, 15) is 4.79 Å². The summed E-state index contributed by atoms with van der Waals surface area (Å²) in [6, 6.07) is 19.1. The number of aromatic nitrogens is 1. The van der Waals surface area contributed by atoms with Crippen molar-refractivity contribution in [1.82, 2.24) is 9.88 Å².